The number of aromatic nitrogens is 2. The minimum Gasteiger partial charge on any atom is -0.399 e. The molecule has 0 aliphatic rings. The predicted molar refractivity (Wildman–Crippen MR) is 63.0 cm³/mol. The Morgan fingerprint density at radius 1 is 1.27 bits per heavy atom. The van der Waals surface area contributed by atoms with Crippen molar-refractivity contribution < 1.29 is 0 Å². The number of hydrogen-bond acceptors (Lipinski definition) is 3. The lowest BCUT2D eigenvalue weighted by molar-refractivity contribution is 0.829. The molecular weight excluding hydrogens is 210 g/mol. The monoisotopic (exact) mass is 221 g/mol. The van der Waals surface area contributed by atoms with Crippen LogP contribution in [-0.2, 0) is 0 Å². The van der Waals surface area contributed by atoms with Crippen molar-refractivity contribution in [2.75, 3.05) is 5.73 Å². The average molecular weight is 222 g/mol. The molecule has 1 aromatic heterocycles. The molecule has 0 unspecified atom stereocenters. The van der Waals surface area contributed by atoms with Gasteiger partial charge in [0.2, 0.25) is 5.28 Å². The summed E-state index contributed by atoms with van der Waals surface area (Å²) >= 11 is 5.85. The Balaban J connectivity index is 2.81. The fourth-order valence-electron chi connectivity index (χ4n) is 1.58. The third-order valence-corrected chi connectivity index (χ3v) is 2.44. The second-order valence-corrected chi connectivity index (χ2v) is 4.15. The molecule has 2 N–H and O–H groups in total. The summed E-state index contributed by atoms with van der Waals surface area (Å²) in [7, 11) is 0. The maximum Gasteiger partial charge on any atom is 0.223 e. The minimum absolute atomic E-state index is 0.288. The maximum absolute atomic E-state index is 5.85. The van der Waals surface area contributed by atoms with Gasteiger partial charge in [-0.2, -0.15) is 0 Å². The highest BCUT2D eigenvalue weighted by Gasteiger charge is 2.09. The van der Waals surface area contributed by atoms with Gasteiger partial charge in [-0.1, -0.05) is 13.8 Å². The third-order valence-electron chi connectivity index (χ3n) is 2.27. The van der Waals surface area contributed by atoms with E-state index in [9.17, 15) is 0 Å². The van der Waals surface area contributed by atoms with Crippen molar-refractivity contribution in [3.05, 3.63) is 29.2 Å². The number of benzene rings is 1. The van der Waals surface area contributed by atoms with Crippen LogP contribution < -0.4 is 5.73 Å². The van der Waals surface area contributed by atoms with Crippen LogP contribution in [-0.4, -0.2) is 9.97 Å². The summed E-state index contributed by atoms with van der Waals surface area (Å²) in [6.45, 7) is 4.14. The predicted octanol–water partition coefficient (Wildman–Crippen LogP) is 2.99. The molecule has 0 radical (unpaired) electrons. The van der Waals surface area contributed by atoms with E-state index in [4.69, 9.17) is 17.3 Å². The first-order valence-corrected chi connectivity index (χ1v) is 5.18. The fourth-order valence-corrected chi connectivity index (χ4v) is 1.76. The maximum atomic E-state index is 5.85. The van der Waals surface area contributed by atoms with Crippen LogP contribution in [0.1, 0.15) is 25.5 Å². The first-order valence-electron chi connectivity index (χ1n) is 4.80. The summed E-state index contributed by atoms with van der Waals surface area (Å²) in [5, 5.41) is 1.27. The number of fused-ring (bicyclic) bond motifs is 1. The third kappa shape index (κ3) is 1.88. The van der Waals surface area contributed by atoms with Gasteiger partial charge in [-0.05, 0) is 35.7 Å². The van der Waals surface area contributed by atoms with E-state index in [1.54, 1.807) is 0 Å². The normalized spacial score (nSPS) is 11.2. The van der Waals surface area contributed by atoms with Crippen molar-refractivity contribution in [1.29, 1.82) is 0 Å². The Bertz CT molecular complexity index is 508. The topological polar surface area (TPSA) is 51.8 Å². The van der Waals surface area contributed by atoms with Gasteiger partial charge >= 0.3 is 0 Å². The molecule has 0 spiro atoms. The number of nitrogen functional groups attached to an aromatic ring is 1. The lowest BCUT2D eigenvalue weighted by atomic mass is 10.0. The smallest absolute Gasteiger partial charge is 0.223 e. The highest BCUT2D eigenvalue weighted by molar-refractivity contribution is 6.28. The van der Waals surface area contributed by atoms with Crippen molar-refractivity contribution in [1.82, 2.24) is 9.97 Å². The Hall–Kier alpha value is -1.35. The molecule has 3 nitrogen and oxygen atoms in total. The zero-order chi connectivity index (χ0) is 11.0. The molecule has 1 aromatic carbocycles. The van der Waals surface area contributed by atoms with Gasteiger partial charge in [-0.25, -0.2) is 9.97 Å². The molecule has 4 heteroatoms. The van der Waals surface area contributed by atoms with Crippen LogP contribution in [0.4, 0.5) is 5.69 Å². The molecule has 2 aromatic rings. The van der Waals surface area contributed by atoms with E-state index in [0.717, 1.165) is 22.3 Å². The van der Waals surface area contributed by atoms with E-state index in [1.807, 2.05) is 18.2 Å². The lowest BCUT2D eigenvalue weighted by Gasteiger charge is -2.09. The Morgan fingerprint density at radius 3 is 2.67 bits per heavy atom. The lowest BCUT2D eigenvalue weighted by Crippen LogP contribution is -1.98. The fraction of sp³-hybridized carbons (Fsp3) is 0.273. The van der Waals surface area contributed by atoms with E-state index in [1.165, 1.54) is 0 Å². The SMILES string of the molecule is CC(C)c1nc(Cl)nc2ccc(N)cc12. The first-order chi connectivity index (χ1) is 7.08. The van der Waals surface area contributed by atoms with Crippen molar-refractivity contribution >= 4 is 28.2 Å². The molecule has 0 atom stereocenters. The van der Waals surface area contributed by atoms with E-state index in [-0.39, 0.29) is 5.28 Å². The number of hydrogen-bond donors (Lipinski definition) is 1. The van der Waals surface area contributed by atoms with E-state index >= 15 is 0 Å². The second kappa shape index (κ2) is 3.66. The summed E-state index contributed by atoms with van der Waals surface area (Å²) < 4.78 is 0. The van der Waals surface area contributed by atoms with E-state index in [2.05, 4.69) is 23.8 Å². The van der Waals surface area contributed by atoms with Gasteiger partial charge in [0, 0.05) is 11.1 Å². The molecule has 0 bridgehead atoms. The highest BCUT2D eigenvalue weighted by atomic mass is 35.5. The van der Waals surface area contributed by atoms with Gasteiger partial charge in [0.25, 0.3) is 0 Å². The zero-order valence-electron chi connectivity index (χ0n) is 8.66. The van der Waals surface area contributed by atoms with Crippen LogP contribution in [0, 0.1) is 0 Å². The van der Waals surface area contributed by atoms with Gasteiger partial charge in [0.1, 0.15) is 0 Å². The van der Waals surface area contributed by atoms with Crippen LogP contribution in [0.15, 0.2) is 18.2 Å². The van der Waals surface area contributed by atoms with Gasteiger partial charge < -0.3 is 5.73 Å². The minimum atomic E-state index is 0.288. The van der Waals surface area contributed by atoms with Gasteiger partial charge in [0.15, 0.2) is 0 Å². The molecule has 1 heterocycles. The molecule has 0 aliphatic heterocycles. The molecule has 0 aliphatic carbocycles. The van der Waals surface area contributed by atoms with Gasteiger partial charge in [0.05, 0.1) is 11.2 Å². The number of nitrogens with zero attached hydrogens (tertiary/aromatic N) is 2. The Labute approximate surface area is 93.3 Å². The summed E-state index contributed by atoms with van der Waals surface area (Å²) in [4.78, 5) is 8.40. The van der Waals surface area contributed by atoms with Crippen LogP contribution in [0.25, 0.3) is 10.9 Å². The van der Waals surface area contributed by atoms with E-state index in [0.29, 0.717) is 5.92 Å². The zero-order valence-corrected chi connectivity index (χ0v) is 9.42. The van der Waals surface area contributed by atoms with Crippen molar-refractivity contribution in [3.63, 3.8) is 0 Å². The number of nitrogens with two attached hydrogens (primary N) is 1. The molecule has 2 rings (SSSR count). The molecule has 0 saturated heterocycles. The van der Waals surface area contributed by atoms with Crippen LogP contribution in [0.3, 0.4) is 0 Å². The van der Waals surface area contributed by atoms with Gasteiger partial charge in [-0.15, -0.1) is 0 Å². The quantitative estimate of drug-likeness (QED) is 0.595. The summed E-state index contributed by atoms with van der Waals surface area (Å²) in [6, 6.07) is 5.57. The number of rotatable bonds is 1. The molecule has 0 saturated carbocycles. The second-order valence-electron chi connectivity index (χ2n) is 3.81. The number of anilines is 1. The molecule has 0 amide bonds. The van der Waals surface area contributed by atoms with Crippen LogP contribution >= 0.6 is 11.6 Å². The molecule has 78 valence electrons. The summed E-state index contributed by atoms with van der Waals surface area (Å²) in [5.41, 5.74) is 8.24. The van der Waals surface area contributed by atoms with Crippen molar-refractivity contribution in [3.8, 4) is 0 Å². The molecular formula is C11H12ClN3. The molecule has 15 heavy (non-hydrogen) atoms. The van der Waals surface area contributed by atoms with Crippen LogP contribution in [0.5, 0.6) is 0 Å². The summed E-state index contributed by atoms with van der Waals surface area (Å²) in [6.07, 6.45) is 0. The van der Waals surface area contributed by atoms with Crippen molar-refractivity contribution in [2.45, 2.75) is 19.8 Å². The Morgan fingerprint density at radius 2 is 2.00 bits per heavy atom. The van der Waals surface area contributed by atoms with E-state index < -0.39 is 0 Å². The Kier molecular flexibility index (Phi) is 2.49. The highest BCUT2D eigenvalue weighted by Crippen LogP contribution is 2.25. The first kappa shape index (κ1) is 10.2. The molecule has 0 fully saturated rings. The standard InChI is InChI=1S/C11H12ClN3/c1-6(2)10-8-5-7(13)3-4-9(8)14-11(12)15-10/h3-6H,13H2,1-2H3. The van der Waals surface area contributed by atoms with Crippen molar-refractivity contribution in [2.24, 2.45) is 0 Å². The number of halogens is 1. The average Bonchev–Trinajstić information content (AvgIpc) is 2.17. The van der Waals surface area contributed by atoms with Crippen LogP contribution in [0.2, 0.25) is 5.28 Å². The summed E-state index contributed by atoms with van der Waals surface area (Å²) in [5.74, 6) is 0.301. The van der Waals surface area contributed by atoms with Gasteiger partial charge in [-0.3, -0.25) is 0 Å². The largest absolute Gasteiger partial charge is 0.399 e.